The second-order valence-corrected chi connectivity index (χ2v) is 14.1. The number of anilines is 1. The number of benzene rings is 2. The summed E-state index contributed by atoms with van der Waals surface area (Å²) in [6.45, 7) is 4.06. The molecule has 3 aliphatic rings. The van der Waals surface area contributed by atoms with Crippen LogP contribution in [0.4, 0.5) is 5.69 Å². The van der Waals surface area contributed by atoms with Gasteiger partial charge in [0, 0.05) is 24.5 Å². The highest BCUT2D eigenvalue weighted by atomic mass is 35.5. The lowest BCUT2D eigenvalue weighted by atomic mass is 9.68. The smallest absolute Gasteiger partial charge is 0.335 e. The maximum atomic E-state index is 11.9. The van der Waals surface area contributed by atoms with Gasteiger partial charge in [0.05, 0.1) is 41.9 Å². The van der Waals surface area contributed by atoms with Crippen molar-refractivity contribution in [3.8, 4) is 5.75 Å². The van der Waals surface area contributed by atoms with Crippen LogP contribution in [0, 0.1) is 11.8 Å². The largest absolute Gasteiger partial charge is 0.487 e. The minimum absolute atomic E-state index is 0.0181. The molecule has 3 N–H and O–H groups in total. The van der Waals surface area contributed by atoms with Crippen molar-refractivity contribution in [2.45, 2.75) is 76.8 Å². The number of aromatic carboxylic acids is 1. The molecule has 0 bridgehead atoms. The number of carboxylic acid groups (broad SMARTS) is 1. The number of nitrogens with zero attached hydrogens (tertiary/aromatic N) is 1. The third-order valence-electron chi connectivity index (χ3n) is 8.85. The molecule has 2 aromatic rings. The third-order valence-corrected chi connectivity index (χ3v) is 9.82. The lowest BCUT2D eigenvalue weighted by molar-refractivity contribution is -0.146. The summed E-state index contributed by atoms with van der Waals surface area (Å²) in [4.78, 5) is 14.2. The third kappa shape index (κ3) is 7.96. The molecule has 230 valence electrons. The van der Waals surface area contributed by atoms with Crippen molar-refractivity contribution >= 4 is 33.3 Å². The van der Waals surface area contributed by atoms with Gasteiger partial charge >= 0.3 is 5.97 Å². The minimum atomic E-state index is -3.56. The number of carbonyl (C=O) groups is 1. The molecule has 2 fully saturated rings. The Bertz CT molecular complexity index is 1370. The van der Waals surface area contributed by atoms with E-state index >= 15 is 0 Å². The summed E-state index contributed by atoms with van der Waals surface area (Å²) in [5, 5.41) is 15.6. The number of hydrogen-bond acceptors (Lipinski definition) is 7. The lowest BCUT2D eigenvalue weighted by Crippen LogP contribution is -2.49. The lowest BCUT2D eigenvalue weighted by Gasteiger charge is -2.47. The van der Waals surface area contributed by atoms with Gasteiger partial charge in [-0.25, -0.2) is 18.4 Å². The Balaban J connectivity index is 1.32. The highest BCUT2D eigenvalue weighted by molar-refractivity contribution is 7.89. The van der Waals surface area contributed by atoms with Crippen LogP contribution in [0.3, 0.4) is 0 Å². The molecule has 0 aromatic heterocycles. The van der Waals surface area contributed by atoms with E-state index in [2.05, 4.69) is 4.90 Å². The van der Waals surface area contributed by atoms with Gasteiger partial charge in [-0.1, -0.05) is 17.7 Å². The number of halogens is 1. The maximum absolute atomic E-state index is 11.9. The van der Waals surface area contributed by atoms with E-state index in [4.69, 9.17) is 31.0 Å². The van der Waals surface area contributed by atoms with Gasteiger partial charge in [0.25, 0.3) is 0 Å². The van der Waals surface area contributed by atoms with Crippen molar-refractivity contribution in [2.24, 2.45) is 17.0 Å². The van der Waals surface area contributed by atoms with Gasteiger partial charge in [-0.15, -0.1) is 0 Å². The van der Waals surface area contributed by atoms with Crippen LogP contribution in [-0.2, 0) is 32.5 Å². The van der Waals surface area contributed by atoms with E-state index in [-0.39, 0.29) is 36.2 Å². The fourth-order valence-corrected chi connectivity index (χ4v) is 7.07. The first-order valence-electron chi connectivity index (χ1n) is 14.9. The number of rotatable bonds is 8. The highest BCUT2D eigenvalue weighted by Crippen LogP contribution is 2.44. The molecular formula is C31H41ClN2O7S. The van der Waals surface area contributed by atoms with Crippen LogP contribution in [0.15, 0.2) is 36.4 Å². The molecular weight excluding hydrogens is 580 g/mol. The predicted molar refractivity (Wildman–Crippen MR) is 162 cm³/mol. The Morgan fingerprint density at radius 1 is 1.14 bits per heavy atom. The van der Waals surface area contributed by atoms with Crippen LogP contribution in [-0.4, -0.2) is 63.3 Å². The summed E-state index contributed by atoms with van der Waals surface area (Å²) in [7, 11) is -3.56. The molecule has 5 atom stereocenters. The van der Waals surface area contributed by atoms with Gasteiger partial charge in [0.15, 0.2) is 0 Å². The fourth-order valence-electron chi connectivity index (χ4n) is 6.54. The van der Waals surface area contributed by atoms with Crippen molar-refractivity contribution in [1.29, 1.82) is 0 Å². The van der Waals surface area contributed by atoms with Gasteiger partial charge < -0.3 is 24.2 Å². The van der Waals surface area contributed by atoms with Crippen LogP contribution in [0.2, 0.25) is 5.02 Å². The molecule has 1 saturated heterocycles. The zero-order chi connectivity index (χ0) is 29.9. The summed E-state index contributed by atoms with van der Waals surface area (Å²) < 4.78 is 41.3. The van der Waals surface area contributed by atoms with Gasteiger partial charge in [-0.05, 0) is 98.7 Å². The van der Waals surface area contributed by atoms with E-state index < -0.39 is 16.0 Å². The Morgan fingerprint density at radius 3 is 2.71 bits per heavy atom. The van der Waals surface area contributed by atoms with E-state index in [1.165, 1.54) is 5.56 Å². The molecule has 2 heterocycles. The molecule has 0 radical (unpaired) electrons. The van der Waals surface area contributed by atoms with Crippen molar-refractivity contribution in [2.75, 3.05) is 30.3 Å². The number of nitrogens with two attached hydrogens (primary N) is 1. The first-order valence-corrected chi connectivity index (χ1v) is 16.9. The Kier molecular flexibility index (Phi) is 9.99. The van der Waals surface area contributed by atoms with E-state index in [0.717, 1.165) is 69.3 Å². The number of primary sulfonamides is 1. The van der Waals surface area contributed by atoms with E-state index in [0.29, 0.717) is 29.2 Å². The van der Waals surface area contributed by atoms with Crippen LogP contribution in [0.25, 0.3) is 0 Å². The molecule has 0 unspecified atom stereocenters. The molecule has 42 heavy (non-hydrogen) atoms. The zero-order valence-corrected chi connectivity index (χ0v) is 25.6. The Hall–Kier alpha value is -2.37. The average molecular weight is 621 g/mol. The molecule has 5 rings (SSSR count). The van der Waals surface area contributed by atoms with Gasteiger partial charge in [-0.3, -0.25) is 0 Å². The molecule has 1 aliphatic carbocycles. The van der Waals surface area contributed by atoms with Crippen molar-refractivity contribution in [1.82, 2.24) is 0 Å². The van der Waals surface area contributed by atoms with Crippen molar-refractivity contribution in [3.05, 3.63) is 58.1 Å². The predicted octanol–water partition coefficient (Wildman–Crippen LogP) is 5.03. The average Bonchev–Trinajstić information content (AvgIpc) is 2.93. The SMILES string of the molecule is C[C@H]1C[C@@H](OCCS(N)(=O)=O)C[C@H]([C@@H]2CC[C@H]2CN2CCCCc3cc(Cl)ccc3COc3ccc(C(=O)O)cc32)O1. The summed E-state index contributed by atoms with van der Waals surface area (Å²) in [5.74, 6) is 0.222. The highest BCUT2D eigenvalue weighted by Gasteiger charge is 2.42. The molecule has 11 heteroatoms. The number of sulfonamides is 1. The van der Waals surface area contributed by atoms with Gasteiger partial charge in [0.1, 0.15) is 12.4 Å². The summed E-state index contributed by atoms with van der Waals surface area (Å²) in [5.41, 5.74) is 3.31. The van der Waals surface area contributed by atoms with Crippen LogP contribution in [0.1, 0.15) is 66.9 Å². The zero-order valence-electron chi connectivity index (χ0n) is 24.0. The summed E-state index contributed by atoms with van der Waals surface area (Å²) in [6.07, 6.45) is 6.35. The molecule has 9 nitrogen and oxygen atoms in total. The number of aryl methyl sites for hydroxylation is 1. The fraction of sp³-hybridized carbons (Fsp3) is 0.581. The normalized spacial score (nSPS) is 26.6. The quantitative estimate of drug-likeness (QED) is 0.421. The van der Waals surface area contributed by atoms with E-state index in [1.54, 1.807) is 18.2 Å². The summed E-state index contributed by atoms with van der Waals surface area (Å²) >= 11 is 6.29. The number of ether oxygens (including phenoxy) is 3. The minimum Gasteiger partial charge on any atom is -0.487 e. The van der Waals surface area contributed by atoms with Crippen molar-refractivity contribution in [3.63, 3.8) is 0 Å². The first-order chi connectivity index (χ1) is 20.1. The number of fused-ring (bicyclic) bond motifs is 2. The van der Waals surface area contributed by atoms with Crippen LogP contribution < -0.4 is 14.8 Å². The van der Waals surface area contributed by atoms with E-state index in [1.807, 2.05) is 25.1 Å². The topological polar surface area (TPSA) is 128 Å². The standard InChI is InChI=1S/C31H41ClN2O7S/c1-20-14-26(39-12-13-42(33,37)38)17-30(41-20)27-9-6-23(27)18-34-11-3-2-4-21-15-25(32)8-5-24(21)19-40-29-10-7-22(31(35)36)16-28(29)34/h5,7-8,10,15-16,20,23,26-27,30H,2-4,6,9,11-14,17-19H2,1H3,(H,35,36)(H2,33,37,38)/t20-,23-,26+,27+,30+/m0/s1. The molecule has 0 spiro atoms. The second kappa shape index (κ2) is 13.5. The van der Waals surface area contributed by atoms with Crippen molar-refractivity contribution < 1.29 is 32.5 Å². The Labute approximate surface area is 253 Å². The van der Waals surface area contributed by atoms with E-state index in [9.17, 15) is 18.3 Å². The first kappa shape index (κ1) is 31.1. The molecule has 1 saturated carbocycles. The maximum Gasteiger partial charge on any atom is 0.335 e. The second-order valence-electron chi connectivity index (χ2n) is 11.9. The Morgan fingerprint density at radius 2 is 1.98 bits per heavy atom. The molecule has 2 aromatic carbocycles. The molecule has 2 aliphatic heterocycles. The van der Waals surface area contributed by atoms with Crippen LogP contribution >= 0.6 is 11.6 Å². The summed E-state index contributed by atoms with van der Waals surface area (Å²) in [6, 6.07) is 11.0. The molecule has 0 amide bonds. The monoisotopic (exact) mass is 620 g/mol. The van der Waals surface area contributed by atoms with Gasteiger partial charge in [-0.2, -0.15) is 0 Å². The number of carboxylic acids is 1. The van der Waals surface area contributed by atoms with Gasteiger partial charge in [0.2, 0.25) is 10.0 Å². The van der Waals surface area contributed by atoms with Crippen LogP contribution in [0.5, 0.6) is 5.75 Å². The number of hydrogen-bond donors (Lipinski definition) is 2.